The minimum Gasteiger partial charge on any atom is -0.493 e. The van der Waals surface area contributed by atoms with Gasteiger partial charge in [-0.1, -0.05) is 19.9 Å². The molecule has 1 N–H and O–H groups in total. The van der Waals surface area contributed by atoms with E-state index in [1.54, 1.807) is 31.4 Å². The molecule has 0 saturated heterocycles. The van der Waals surface area contributed by atoms with Crippen LogP contribution in [0.15, 0.2) is 23.8 Å². The first-order valence-corrected chi connectivity index (χ1v) is 7.77. The predicted molar refractivity (Wildman–Crippen MR) is 88.1 cm³/mol. The quantitative estimate of drug-likeness (QED) is 0.620. The van der Waals surface area contributed by atoms with E-state index in [0.717, 1.165) is 18.4 Å². The molecule has 0 aliphatic heterocycles. The van der Waals surface area contributed by atoms with Crippen molar-refractivity contribution in [3.63, 3.8) is 0 Å². The molecule has 0 heterocycles. The lowest BCUT2D eigenvalue weighted by molar-refractivity contribution is -0.117. The van der Waals surface area contributed by atoms with E-state index in [9.17, 15) is 10.1 Å². The lowest BCUT2D eigenvalue weighted by Gasteiger charge is -2.13. The Balaban J connectivity index is 2.19. The van der Waals surface area contributed by atoms with Crippen LogP contribution in [-0.2, 0) is 4.79 Å². The number of rotatable bonds is 7. The van der Waals surface area contributed by atoms with Crippen LogP contribution in [0.5, 0.6) is 11.5 Å². The molecular weight excluding hydrogens is 292 g/mol. The topological polar surface area (TPSA) is 71.3 Å². The van der Waals surface area contributed by atoms with E-state index in [1.807, 2.05) is 6.07 Å². The van der Waals surface area contributed by atoms with Gasteiger partial charge in [0.05, 0.1) is 13.7 Å². The zero-order chi connectivity index (χ0) is 16.8. The van der Waals surface area contributed by atoms with Crippen LogP contribution < -0.4 is 14.8 Å². The van der Waals surface area contributed by atoms with Crippen molar-refractivity contribution in [1.29, 1.82) is 5.26 Å². The highest BCUT2D eigenvalue weighted by Gasteiger charge is 2.24. The molecule has 1 fully saturated rings. The lowest BCUT2D eigenvalue weighted by atomic mass is 10.1. The number of benzene rings is 1. The second-order valence-corrected chi connectivity index (χ2v) is 6.03. The largest absolute Gasteiger partial charge is 0.493 e. The number of nitrogens with one attached hydrogen (secondary N) is 1. The van der Waals surface area contributed by atoms with Gasteiger partial charge in [-0.2, -0.15) is 5.26 Å². The Kier molecular flexibility index (Phi) is 5.64. The minimum absolute atomic E-state index is 0.0943. The van der Waals surface area contributed by atoms with Crippen molar-refractivity contribution in [3.05, 3.63) is 29.3 Å². The molecular formula is C18H22N2O3. The Bertz CT molecular complexity index is 640. The van der Waals surface area contributed by atoms with Gasteiger partial charge in [0.2, 0.25) is 0 Å². The van der Waals surface area contributed by atoms with Crippen LogP contribution in [0.2, 0.25) is 0 Å². The summed E-state index contributed by atoms with van der Waals surface area (Å²) in [6, 6.07) is 7.53. The van der Waals surface area contributed by atoms with Gasteiger partial charge in [0.15, 0.2) is 11.5 Å². The van der Waals surface area contributed by atoms with Crippen molar-refractivity contribution in [2.24, 2.45) is 5.92 Å². The summed E-state index contributed by atoms with van der Waals surface area (Å²) < 4.78 is 11.0. The smallest absolute Gasteiger partial charge is 0.262 e. The molecule has 5 nitrogen and oxygen atoms in total. The molecule has 1 saturated carbocycles. The highest BCUT2D eigenvalue weighted by Crippen LogP contribution is 2.29. The van der Waals surface area contributed by atoms with Crippen molar-refractivity contribution in [3.8, 4) is 17.6 Å². The van der Waals surface area contributed by atoms with Gasteiger partial charge < -0.3 is 14.8 Å². The summed E-state index contributed by atoms with van der Waals surface area (Å²) in [5, 5.41) is 12.0. The third kappa shape index (κ3) is 5.03. The molecule has 0 atom stereocenters. The summed E-state index contributed by atoms with van der Waals surface area (Å²) in [6.45, 7) is 4.69. The van der Waals surface area contributed by atoms with Crippen LogP contribution in [0.25, 0.3) is 6.08 Å². The van der Waals surface area contributed by atoms with Crippen LogP contribution in [0.1, 0.15) is 32.3 Å². The Morgan fingerprint density at radius 2 is 2.17 bits per heavy atom. The zero-order valence-corrected chi connectivity index (χ0v) is 13.8. The maximum absolute atomic E-state index is 12.0. The predicted octanol–water partition coefficient (Wildman–Crippen LogP) is 2.92. The van der Waals surface area contributed by atoms with Crippen molar-refractivity contribution in [2.75, 3.05) is 13.7 Å². The summed E-state index contributed by atoms with van der Waals surface area (Å²) in [5.74, 6) is 1.30. The number of nitrogens with zero attached hydrogens (tertiary/aromatic N) is 1. The summed E-state index contributed by atoms with van der Waals surface area (Å²) in [7, 11) is 1.58. The molecule has 0 unspecified atom stereocenters. The zero-order valence-electron chi connectivity index (χ0n) is 13.8. The van der Waals surface area contributed by atoms with Gasteiger partial charge >= 0.3 is 0 Å². The summed E-state index contributed by atoms with van der Waals surface area (Å²) in [6.07, 6.45) is 3.54. The fraction of sp³-hybridized carbons (Fsp3) is 0.444. The summed E-state index contributed by atoms with van der Waals surface area (Å²) in [4.78, 5) is 12.0. The van der Waals surface area contributed by atoms with Gasteiger partial charge in [-0.05, 0) is 42.5 Å². The van der Waals surface area contributed by atoms with E-state index in [1.165, 1.54) is 0 Å². The van der Waals surface area contributed by atoms with Crippen molar-refractivity contribution in [1.82, 2.24) is 5.32 Å². The number of nitriles is 1. The van der Waals surface area contributed by atoms with E-state index < -0.39 is 0 Å². The second kappa shape index (κ2) is 7.68. The first-order valence-electron chi connectivity index (χ1n) is 7.77. The number of carbonyl (C=O) groups excluding carboxylic acids is 1. The minimum atomic E-state index is -0.324. The first kappa shape index (κ1) is 16.9. The molecule has 1 amide bonds. The molecule has 0 bridgehead atoms. The van der Waals surface area contributed by atoms with Gasteiger partial charge in [-0.3, -0.25) is 4.79 Å². The molecule has 1 aromatic carbocycles. The third-order valence-electron chi connectivity index (χ3n) is 3.35. The molecule has 0 aromatic heterocycles. The SMILES string of the molecule is COc1ccc(/C=C(\C#N)C(=O)NC2CC2)cc1OCC(C)C. The first-order chi connectivity index (χ1) is 11.0. The van der Waals surface area contributed by atoms with Gasteiger partial charge in [0, 0.05) is 6.04 Å². The fourth-order valence-electron chi connectivity index (χ4n) is 1.96. The molecule has 23 heavy (non-hydrogen) atoms. The average Bonchev–Trinajstić information content (AvgIpc) is 3.34. The van der Waals surface area contributed by atoms with Gasteiger partial charge in [0.1, 0.15) is 11.6 Å². The Labute approximate surface area is 136 Å². The molecule has 0 spiro atoms. The van der Waals surface area contributed by atoms with Gasteiger partial charge in [-0.15, -0.1) is 0 Å². The molecule has 2 rings (SSSR count). The normalized spacial score (nSPS) is 14.3. The van der Waals surface area contributed by atoms with Crippen LogP contribution in [0, 0.1) is 17.2 Å². The summed E-state index contributed by atoms with van der Waals surface area (Å²) in [5.41, 5.74) is 0.823. The number of methoxy groups -OCH3 is 1. The Hall–Kier alpha value is -2.48. The molecule has 1 aliphatic carbocycles. The maximum atomic E-state index is 12.0. The van der Waals surface area contributed by atoms with Gasteiger partial charge in [0.25, 0.3) is 5.91 Å². The molecule has 1 aliphatic rings. The van der Waals surface area contributed by atoms with Crippen LogP contribution >= 0.6 is 0 Å². The van der Waals surface area contributed by atoms with Gasteiger partial charge in [-0.25, -0.2) is 0 Å². The van der Waals surface area contributed by atoms with E-state index >= 15 is 0 Å². The molecule has 122 valence electrons. The van der Waals surface area contributed by atoms with Crippen LogP contribution in [0.3, 0.4) is 0 Å². The van der Waals surface area contributed by atoms with Crippen molar-refractivity contribution in [2.45, 2.75) is 32.7 Å². The van der Waals surface area contributed by atoms with Crippen molar-refractivity contribution < 1.29 is 14.3 Å². The van der Waals surface area contributed by atoms with Crippen LogP contribution in [0.4, 0.5) is 0 Å². The second-order valence-electron chi connectivity index (χ2n) is 6.03. The van der Waals surface area contributed by atoms with E-state index in [2.05, 4.69) is 19.2 Å². The molecule has 1 aromatic rings. The number of amides is 1. The van der Waals surface area contributed by atoms with Crippen molar-refractivity contribution >= 4 is 12.0 Å². The number of ether oxygens (including phenoxy) is 2. The average molecular weight is 314 g/mol. The number of hydrogen-bond donors (Lipinski definition) is 1. The fourth-order valence-corrected chi connectivity index (χ4v) is 1.96. The standard InChI is InChI=1S/C18H22N2O3/c1-12(2)11-23-17-9-13(4-7-16(17)22-3)8-14(10-19)18(21)20-15-5-6-15/h4,7-9,12,15H,5-6,11H2,1-3H3,(H,20,21)/b14-8+. The van der Waals surface area contributed by atoms with E-state index in [4.69, 9.17) is 9.47 Å². The van der Waals surface area contributed by atoms with Crippen LogP contribution in [-0.4, -0.2) is 25.7 Å². The van der Waals surface area contributed by atoms with E-state index in [0.29, 0.717) is 24.0 Å². The Morgan fingerprint density at radius 3 is 2.74 bits per heavy atom. The highest BCUT2D eigenvalue weighted by molar-refractivity contribution is 6.02. The monoisotopic (exact) mass is 314 g/mol. The number of hydrogen-bond acceptors (Lipinski definition) is 4. The molecule has 0 radical (unpaired) electrons. The third-order valence-corrected chi connectivity index (χ3v) is 3.35. The number of carbonyl (C=O) groups is 1. The summed E-state index contributed by atoms with van der Waals surface area (Å²) >= 11 is 0. The maximum Gasteiger partial charge on any atom is 0.262 e. The highest BCUT2D eigenvalue weighted by atomic mass is 16.5. The molecule has 5 heteroatoms. The Morgan fingerprint density at radius 1 is 1.43 bits per heavy atom. The lowest BCUT2D eigenvalue weighted by Crippen LogP contribution is -2.26. The van der Waals surface area contributed by atoms with E-state index in [-0.39, 0.29) is 17.5 Å².